The number of ether oxygens (including phenoxy) is 2. The molecule has 0 atom stereocenters. The number of benzene rings is 2. The molecule has 7 heteroatoms. The number of aromatic amines is 1. The predicted molar refractivity (Wildman–Crippen MR) is 127 cm³/mol. The van der Waals surface area contributed by atoms with Gasteiger partial charge in [0.25, 0.3) is 0 Å². The van der Waals surface area contributed by atoms with Crippen molar-refractivity contribution in [2.45, 2.75) is 41.0 Å². The summed E-state index contributed by atoms with van der Waals surface area (Å²) in [6.45, 7) is 9.57. The molecule has 0 amide bonds. The Morgan fingerprint density at radius 2 is 1.67 bits per heavy atom. The van der Waals surface area contributed by atoms with Gasteiger partial charge >= 0.3 is 11.9 Å². The summed E-state index contributed by atoms with van der Waals surface area (Å²) in [7, 11) is 0. The van der Waals surface area contributed by atoms with Crippen molar-refractivity contribution in [2.24, 2.45) is 5.41 Å². The van der Waals surface area contributed by atoms with Crippen LogP contribution >= 0.6 is 0 Å². The van der Waals surface area contributed by atoms with Crippen LogP contribution in [-0.2, 0) is 20.7 Å². The number of para-hydroxylation sites is 1. The van der Waals surface area contributed by atoms with Crippen molar-refractivity contribution in [2.75, 3.05) is 19.8 Å². The van der Waals surface area contributed by atoms with Crippen LogP contribution in [0.25, 0.3) is 22.0 Å². The molecule has 1 heterocycles. The molecule has 3 rings (SSSR count). The van der Waals surface area contributed by atoms with Gasteiger partial charge in [0, 0.05) is 24.0 Å². The molecule has 0 radical (unpaired) electrons. The summed E-state index contributed by atoms with van der Waals surface area (Å²) < 4.78 is 24.0. The first-order valence-electron chi connectivity index (χ1n) is 11.0. The minimum Gasteiger partial charge on any atom is -0.465 e. The normalized spacial score (nSPS) is 11.0. The third kappa shape index (κ3) is 6.65. The van der Waals surface area contributed by atoms with Gasteiger partial charge in [-0.3, -0.25) is 4.79 Å². The second kappa shape index (κ2) is 11.6. The minimum absolute atomic E-state index is 0.231. The lowest BCUT2D eigenvalue weighted by Gasteiger charge is -2.16. The molecule has 0 unspecified atom stereocenters. The molecular weight excluding hydrogens is 425 g/mol. The van der Waals surface area contributed by atoms with Gasteiger partial charge in [-0.25, -0.2) is 9.18 Å². The van der Waals surface area contributed by atoms with E-state index in [1.165, 1.54) is 12.1 Å². The second-order valence-corrected chi connectivity index (χ2v) is 8.39. The smallest absolute Gasteiger partial charge is 0.355 e. The van der Waals surface area contributed by atoms with Crippen LogP contribution in [0.4, 0.5) is 4.39 Å². The van der Waals surface area contributed by atoms with Gasteiger partial charge in [-0.15, -0.1) is 0 Å². The molecule has 0 saturated carbocycles. The van der Waals surface area contributed by atoms with Crippen LogP contribution in [-0.4, -0.2) is 41.8 Å². The number of aliphatic hydroxyl groups is 1. The van der Waals surface area contributed by atoms with Crippen LogP contribution in [0, 0.1) is 11.2 Å². The number of rotatable bonds is 6. The van der Waals surface area contributed by atoms with Crippen LogP contribution in [0.3, 0.4) is 0 Å². The lowest BCUT2D eigenvalue weighted by atomic mass is 9.97. The summed E-state index contributed by atoms with van der Waals surface area (Å²) in [6.07, 6.45) is 0.491. The number of esters is 2. The zero-order chi connectivity index (χ0) is 24.6. The summed E-state index contributed by atoms with van der Waals surface area (Å²) in [5, 5.41) is 8.39. The van der Waals surface area contributed by atoms with Crippen molar-refractivity contribution < 1.29 is 28.6 Å². The summed E-state index contributed by atoms with van der Waals surface area (Å²) in [4.78, 5) is 27.8. The zero-order valence-electron chi connectivity index (χ0n) is 19.8. The average Bonchev–Trinajstić information content (AvgIpc) is 3.15. The fraction of sp³-hybridized carbons (Fsp3) is 0.385. The number of hydrogen-bond donors (Lipinski definition) is 2. The number of aromatic nitrogens is 1. The Morgan fingerprint density at radius 3 is 2.24 bits per heavy atom. The maximum atomic E-state index is 13.4. The van der Waals surface area contributed by atoms with Crippen LogP contribution in [0.15, 0.2) is 42.5 Å². The van der Waals surface area contributed by atoms with E-state index in [4.69, 9.17) is 14.6 Å². The molecule has 178 valence electrons. The molecule has 6 nitrogen and oxygen atoms in total. The average molecular weight is 458 g/mol. The van der Waals surface area contributed by atoms with Gasteiger partial charge in [0.1, 0.15) is 11.5 Å². The molecule has 2 aromatic carbocycles. The van der Waals surface area contributed by atoms with E-state index in [1.807, 2.05) is 39.0 Å². The highest BCUT2D eigenvalue weighted by Crippen LogP contribution is 2.35. The molecular formula is C26H32FNO5. The summed E-state index contributed by atoms with van der Waals surface area (Å²) in [5.74, 6) is -1.09. The number of aliphatic hydroxyl groups excluding tert-OH is 1. The molecule has 0 fully saturated rings. The van der Waals surface area contributed by atoms with E-state index >= 15 is 0 Å². The lowest BCUT2D eigenvalue weighted by Crippen LogP contribution is -2.23. The van der Waals surface area contributed by atoms with Gasteiger partial charge in [0.15, 0.2) is 0 Å². The Morgan fingerprint density at radius 1 is 1.03 bits per heavy atom. The van der Waals surface area contributed by atoms with Crippen LogP contribution < -0.4 is 0 Å². The number of carbonyl (C=O) groups excluding carboxylic acids is 2. The molecule has 0 aliphatic rings. The van der Waals surface area contributed by atoms with Crippen LogP contribution in [0.2, 0.25) is 0 Å². The van der Waals surface area contributed by atoms with Crippen molar-refractivity contribution in [1.82, 2.24) is 4.98 Å². The predicted octanol–water partition coefficient (Wildman–Crippen LogP) is 5.28. The minimum atomic E-state index is -0.564. The number of carbonyl (C=O) groups is 2. The quantitative estimate of drug-likeness (QED) is 0.492. The standard InChI is InChI=1S/C24H26FNO4.C2H6O/c1-5-29-22(27)21-19(15-9-11-17(25)12-10-15)18-8-6-7-16(20(18)26-21)13-14-30-23(28)24(2,3)4;1-2-3/h6-12,26H,5,13-14H2,1-4H3;3H,2H2,1H3. The zero-order valence-corrected chi connectivity index (χ0v) is 19.8. The highest BCUT2D eigenvalue weighted by Gasteiger charge is 2.24. The van der Waals surface area contributed by atoms with Gasteiger partial charge in [-0.2, -0.15) is 0 Å². The molecule has 0 saturated heterocycles. The van der Waals surface area contributed by atoms with Crippen molar-refractivity contribution in [3.05, 3.63) is 59.5 Å². The fourth-order valence-electron chi connectivity index (χ4n) is 3.23. The first-order valence-corrected chi connectivity index (χ1v) is 11.0. The molecule has 0 bridgehead atoms. The number of hydrogen-bond acceptors (Lipinski definition) is 5. The van der Waals surface area contributed by atoms with Crippen molar-refractivity contribution in [3.8, 4) is 11.1 Å². The number of fused-ring (bicyclic) bond motifs is 1. The lowest BCUT2D eigenvalue weighted by molar-refractivity contribution is -0.152. The largest absolute Gasteiger partial charge is 0.465 e. The Kier molecular flexibility index (Phi) is 9.17. The highest BCUT2D eigenvalue weighted by molar-refractivity contribution is 6.08. The third-order valence-electron chi connectivity index (χ3n) is 4.75. The van der Waals surface area contributed by atoms with Gasteiger partial charge in [0.05, 0.1) is 24.1 Å². The van der Waals surface area contributed by atoms with Gasteiger partial charge in [-0.1, -0.05) is 30.3 Å². The summed E-state index contributed by atoms with van der Waals surface area (Å²) in [5.41, 5.74) is 2.81. The Bertz CT molecular complexity index is 1080. The van der Waals surface area contributed by atoms with Gasteiger partial charge in [-0.05, 0) is 57.9 Å². The van der Waals surface area contributed by atoms with E-state index in [0.29, 0.717) is 23.2 Å². The van der Waals surface area contributed by atoms with E-state index in [1.54, 1.807) is 26.0 Å². The molecule has 0 aliphatic heterocycles. The maximum Gasteiger partial charge on any atom is 0.355 e. The molecule has 2 N–H and O–H groups in total. The van der Waals surface area contributed by atoms with Crippen molar-refractivity contribution in [1.29, 1.82) is 0 Å². The highest BCUT2D eigenvalue weighted by atomic mass is 19.1. The number of halogens is 1. The molecule has 33 heavy (non-hydrogen) atoms. The fourth-order valence-corrected chi connectivity index (χ4v) is 3.23. The van der Waals surface area contributed by atoms with Gasteiger partial charge in [0.2, 0.25) is 0 Å². The summed E-state index contributed by atoms with van der Waals surface area (Å²) >= 11 is 0. The molecule has 0 aliphatic carbocycles. The monoisotopic (exact) mass is 457 g/mol. The topological polar surface area (TPSA) is 88.6 Å². The molecule has 3 aromatic rings. The van der Waals surface area contributed by atoms with Crippen LogP contribution in [0.5, 0.6) is 0 Å². The van der Waals surface area contributed by atoms with Crippen molar-refractivity contribution in [3.63, 3.8) is 0 Å². The van der Waals surface area contributed by atoms with Gasteiger partial charge < -0.3 is 19.6 Å². The first kappa shape index (κ1) is 26.1. The van der Waals surface area contributed by atoms with E-state index < -0.39 is 11.4 Å². The second-order valence-electron chi connectivity index (χ2n) is 8.39. The van der Waals surface area contributed by atoms with E-state index in [0.717, 1.165) is 16.5 Å². The SMILES string of the molecule is CCO.CCOC(=O)c1[nH]c2c(CCOC(=O)C(C)(C)C)cccc2c1-c1ccc(F)cc1. The summed E-state index contributed by atoms with van der Waals surface area (Å²) in [6, 6.07) is 11.7. The van der Waals surface area contributed by atoms with Crippen LogP contribution in [0.1, 0.15) is 50.7 Å². The van der Waals surface area contributed by atoms with Crippen molar-refractivity contribution >= 4 is 22.8 Å². The van der Waals surface area contributed by atoms with E-state index in [9.17, 15) is 14.0 Å². The Balaban J connectivity index is 0.00000122. The Hall–Kier alpha value is -3.19. The maximum absolute atomic E-state index is 13.4. The number of nitrogens with one attached hydrogen (secondary N) is 1. The molecule has 1 aromatic heterocycles. The molecule has 0 spiro atoms. The third-order valence-corrected chi connectivity index (χ3v) is 4.75. The number of H-pyrrole nitrogens is 1. The first-order chi connectivity index (χ1) is 15.6. The van der Waals surface area contributed by atoms with E-state index in [-0.39, 0.29) is 31.6 Å². The Labute approximate surface area is 193 Å². The van der Waals surface area contributed by atoms with E-state index in [2.05, 4.69) is 4.98 Å².